The van der Waals surface area contributed by atoms with Crippen LogP contribution in [0.15, 0.2) is 28.2 Å². The minimum atomic E-state index is 0.0925. The Labute approximate surface area is 137 Å². The number of aromatic nitrogens is 1. The lowest BCUT2D eigenvalue weighted by Gasteiger charge is -2.14. The van der Waals surface area contributed by atoms with Gasteiger partial charge in [-0.1, -0.05) is 26.7 Å². The summed E-state index contributed by atoms with van der Waals surface area (Å²) in [6.45, 7) is 5.86. The number of aryl methyl sites for hydroxylation is 1. The number of amidine groups is 1. The fourth-order valence-corrected chi connectivity index (χ4v) is 3.24. The Kier molecular flexibility index (Phi) is 6.31. The Morgan fingerprint density at radius 1 is 1.27 bits per heavy atom. The van der Waals surface area contributed by atoms with E-state index in [1.54, 1.807) is 0 Å². The molecule has 0 atom stereocenters. The summed E-state index contributed by atoms with van der Waals surface area (Å²) in [5.41, 5.74) is 1.04. The molecule has 120 valence electrons. The van der Waals surface area contributed by atoms with Gasteiger partial charge in [0.05, 0.1) is 4.91 Å². The largest absolute Gasteiger partial charge is 0.351 e. The third kappa shape index (κ3) is 4.03. The SMILES string of the molecule is CCCCN=C1SC(=Cc2cccn2C)C(=O)N1CCCC. The number of hydrogen-bond acceptors (Lipinski definition) is 3. The van der Waals surface area contributed by atoms with Gasteiger partial charge in [-0.3, -0.25) is 14.7 Å². The Hall–Kier alpha value is -1.49. The van der Waals surface area contributed by atoms with Gasteiger partial charge in [0.1, 0.15) is 0 Å². The van der Waals surface area contributed by atoms with E-state index in [0.717, 1.165) is 54.5 Å². The number of carbonyl (C=O) groups is 1. The molecule has 0 aliphatic carbocycles. The smallest absolute Gasteiger partial charge is 0.266 e. The Bertz CT molecular complexity index is 574. The van der Waals surface area contributed by atoms with Crippen molar-refractivity contribution in [3.8, 4) is 0 Å². The van der Waals surface area contributed by atoms with Crippen LogP contribution in [0.3, 0.4) is 0 Å². The quantitative estimate of drug-likeness (QED) is 0.565. The first-order chi connectivity index (χ1) is 10.7. The lowest BCUT2D eigenvalue weighted by molar-refractivity contribution is -0.122. The summed E-state index contributed by atoms with van der Waals surface area (Å²) in [6, 6.07) is 4.00. The minimum Gasteiger partial charge on any atom is -0.351 e. The number of rotatable bonds is 7. The van der Waals surface area contributed by atoms with E-state index in [4.69, 9.17) is 0 Å². The molecule has 1 aromatic heterocycles. The predicted molar refractivity (Wildman–Crippen MR) is 94.8 cm³/mol. The monoisotopic (exact) mass is 319 g/mol. The second-order valence-corrected chi connectivity index (χ2v) is 6.49. The maximum atomic E-state index is 12.6. The van der Waals surface area contributed by atoms with E-state index in [-0.39, 0.29) is 5.91 Å². The van der Waals surface area contributed by atoms with Gasteiger partial charge in [-0.2, -0.15) is 0 Å². The molecule has 0 bridgehead atoms. The molecule has 1 aromatic rings. The molecule has 1 fully saturated rings. The van der Waals surface area contributed by atoms with Crippen LogP contribution in [0.4, 0.5) is 0 Å². The molecule has 4 nitrogen and oxygen atoms in total. The summed E-state index contributed by atoms with van der Waals surface area (Å²) < 4.78 is 2.02. The van der Waals surface area contributed by atoms with Crippen LogP contribution in [-0.2, 0) is 11.8 Å². The van der Waals surface area contributed by atoms with Crippen molar-refractivity contribution in [2.75, 3.05) is 13.1 Å². The fraction of sp³-hybridized carbons (Fsp3) is 0.529. The van der Waals surface area contributed by atoms with Crippen LogP contribution in [-0.4, -0.2) is 33.6 Å². The van der Waals surface area contributed by atoms with Crippen molar-refractivity contribution >= 4 is 28.9 Å². The number of aliphatic imine (C=N–C) groups is 1. The van der Waals surface area contributed by atoms with Crippen molar-refractivity contribution in [3.63, 3.8) is 0 Å². The van der Waals surface area contributed by atoms with Crippen molar-refractivity contribution < 1.29 is 4.79 Å². The van der Waals surface area contributed by atoms with Gasteiger partial charge in [-0.05, 0) is 42.8 Å². The molecule has 0 saturated carbocycles. The third-order valence-corrected chi connectivity index (χ3v) is 4.69. The molecular formula is C17H25N3OS. The maximum Gasteiger partial charge on any atom is 0.266 e. The second-order valence-electron chi connectivity index (χ2n) is 5.48. The standard InChI is InChI=1S/C17H25N3OS/c1-4-6-10-18-17-20(12-7-5-2)16(21)15(22-17)13-14-9-8-11-19(14)3/h8-9,11,13H,4-7,10,12H2,1-3H3. The van der Waals surface area contributed by atoms with E-state index in [2.05, 4.69) is 18.8 Å². The molecule has 0 aromatic carbocycles. The number of hydrogen-bond donors (Lipinski definition) is 0. The number of nitrogens with zero attached hydrogens (tertiary/aromatic N) is 3. The average molecular weight is 319 g/mol. The zero-order chi connectivity index (χ0) is 15.9. The van der Waals surface area contributed by atoms with Crippen LogP contribution in [0.25, 0.3) is 6.08 Å². The molecule has 0 radical (unpaired) electrons. The molecule has 1 amide bonds. The molecular weight excluding hydrogens is 294 g/mol. The predicted octanol–water partition coefficient (Wildman–Crippen LogP) is 3.90. The highest BCUT2D eigenvalue weighted by Gasteiger charge is 2.32. The van der Waals surface area contributed by atoms with Gasteiger partial charge in [0.15, 0.2) is 5.17 Å². The number of unbranched alkanes of at least 4 members (excludes halogenated alkanes) is 2. The molecule has 0 unspecified atom stereocenters. The molecule has 1 saturated heterocycles. The first-order valence-corrected chi connectivity index (χ1v) is 8.86. The Morgan fingerprint density at radius 3 is 2.68 bits per heavy atom. The van der Waals surface area contributed by atoms with Crippen molar-refractivity contribution in [1.29, 1.82) is 0 Å². The van der Waals surface area contributed by atoms with Gasteiger partial charge in [-0.15, -0.1) is 0 Å². The highest BCUT2D eigenvalue weighted by Crippen LogP contribution is 2.32. The van der Waals surface area contributed by atoms with Crippen molar-refractivity contribution in [3.05, 3.63) is 28.9 Å². The molecule has 1 aliphatic rings. The summed E-state index contributed by atoms with van der Waals surface area (Å²) in [5, 5.41) is 0.868. The van der Waals surface area contributed by atoms with Crippen LogP contribution in [0, 0.1) is 0 Å². The molecule has 2 rings (SSSR count). The summed E-state index contributed by atoms with van der Waals surface area (Å²) in [7, 11) is 1.99. The zero-order valence-electron chi connectivity index (χ0n) is 13.7. The lowest BCUT2D eigenvalue weighted by Crippen LogP contribution is -2.30. The molecule has 2 heterocycles. The van der Waals surface area contributed by atoms with Crippen molar-refractivity contribution in [2.45, 2.75) is 39.5 Å². The summed E-state index contributed by atoms with van der Waals surface area (Å²) in [5.74, 6) is 0.0925. The van der Waals surface area contributed by atoms with Gasteiger partial charge in [0.2, 0.25) is 0 Å². The summed E-state index contributed by atoms with van der Waals surface area (Å²) in [4.78, 5) is 19.9. The van der Waals surface area contributed by atoms with E-state index >= 15 is 0 Å². The molecule has 0 spiro atoms. The molecule has 22 heavy (non-hydrogen) atoms. The van der Waals surface area contributed by atoms with Gasteiger partial charge in [-0.25, -0.2) is 0 Å². The van der Waals surface area contributed by atoms with Crippen LogP contribution in [0.5, 0.6) is 0 Å². The topological polar surface area (TPSA) is 37.6 Å². The minimum absolute atomic E-state index is 0.0925. The number of carbonyl (C=O) groups excluding carboxylic acids is 1. The summed E-state index contributed by atoms with van der Waals surface area (Å²) >= 11 is 1.51. The Balaban J connectivity index is 2.20. The van der Waals surface area contributed by atoms with Crippen LogP contribution < -0.4 is 0 Å². The lowest BCUT2D eigenvalue weighted by atomic mass is 10.3. The maximum absolute atomic E-state index is 12.6. The van der Waals surface area contributed by atoms with E-state index in [1.807, 2.05) is 40.9 Å². The molecule has 1 aliphatic heterocycles. The second kappa shape index (κ2) is 8.22. The van der Waals surface area contributed by atoms with Gasteiger partial charge >= 0.3 is 0 Å². The normalized spacial score (nSPS) is 18.9. The fourth-order valence-electron chi connectivity index (χ4n) is 2.23. The van der Waals surface area contributed by atoms with Crippen molar-refractivity contribution in [1.82, 2.24) is 9.47 Å². The highest BCUT2D eigenvalue weighted by molar-refractivity contribution is 8.18. The zero-order valence-corrected chi connectivity index (χ0v) is 14.5. The molecule has 0 N–H and O–H groups in total. The van der Waals surface area contributed by atoms with Gasteiger partial charge in [0, 0.05) is 32.0 Å². The van der Waals surface area contributed by atoms with Crippen LogP contribution >= 0.6 is 11.8 Å². The molecule has 5 heteroatoms. The van der Waals surface area contributed by atoms with Gasteiger partial charge < -0.3 is 4.57 Å². The average Bonchev–Trinajstić information content (AvgIpc) is 3.03. The first-order valence-electron chi connectivity index (χ1n) is 8.04. The number of amides is 1. The van der Waals surface area contributed by atoms with Gasteiger partial charge in [0.25, 0.3) is 5.91 Å². The van der Waals surface area contributed by atoms with E-state index in [0.29, 0.717) is 0 Å². The Morgan fingerprint density at radius 2 is 2.05 bits per heavy atom. The summed E-state index contributed by atoms with van der Waals surface area (Å²) in [6.07, 6.45) is 8.23. The van der Waals surface area contributed by atoms with Crippen LogP contribution in [0.1, 0.15) is 45.2 Å². The third-order valence-electron chi connectivity index (χ3n) is 3.64. The van der Waals surface area contributed by atoms with Crippen LogP contribution in [0.2, 0.25) is 0 Å². The van der Waals surface area contributed by atoms with Crippen molar-refractivity contribution in [2.24, 2.45) is 12.0 Å². The number of thioether (sulfide) groups is 1. The van der Waals surface area contributed by atoms with E-state index < -0.39 is 0 Å². The first kappa shape index (κ1) is 16.9. The van der Waals surface area contributed by atoms with E-state index in [1.165, 1.54) is 11.8 Å². The highest BCUT2D eigenvalue weighted by atomic mass is 32.2. The van der Waals surface area contributed by atoms with E-state index in [9.17, 15) is 4.79 Å².